The normalized spacial score (nSPS) is 14.3. The van der Waals surface area contributed by atoms with E-state index in [4.69, 9.17) is 18.5 Å². The summed E-state index contributed by atoms with van der Waals surface area (Å²) in [5.74, 6) is -0.862. The van der Waals surface area contributed by atoms with Crippen molar-refractivity contribution in [1.82, 2.24) is 0 Å². The van der Waals surface area contributed by atoms with Gasteiger partial charge in [-0.2, -0.15) is 0 Å². The molecule has 0 aliphatic carbocycles. The number of quaternary nitrogens is 1. The number of likely N-dealkylation sites (N-methyl/N-ethyl adjacent to an activating group) is 1. The Morgan fingerprint density at radius 3 is 1.08 bits per heavy atom. The van der Waals surface area contributed by atoms with Gasteiger partial charge in [-0.05, 0) is 116 Å². The van der Waals surface area contributed by atoms with Gasteiger partial charge in [-0.1, -0.05) is 224 Å². The quantitative estimate of drug-likeness (QED) is 0.0211. The van der Waals surface area contributed by atoms with Crippen LogP contribution >= 0.6 is 7.82 Å². The molecular weight excluding hydrogens is 966 g/mol. The summed E-state index contributed by atoms with van der Waals surface area (Å²) < 4.78 is 34.5. The number of allylic oxidation sites excluding steroid dienone is 24. The van der Waals surface area contributed by atoms with Crippen LogP contribution in [0.3, 0.4) is 0 Å². The minimum absolute atomic E-state index is 0.0143. The second-order valence-electron chi connectivity index (χ2n) is 20.3. The number of esters is 2. The second-order valence-corrected chi connectivity index (χ2v) is 21.7. The third-order valence-electron chi connectivity index (χ3n) is 11.9. The highest BCUT2D eigenvalue weighted by Gasteiger charge is 2.27. The molecule has 430 valence electrons. The van der Waals surface area contributed by atoms with Gasteiger partial charge in [0.1, 0.15) is 19.8 Å². The fourth-order valence-electron chi connectivity index (χ4n) is 7.37. The van der Waals surface area contributed by atoms with E-state index in [0.717, 1.165) is 116 Å². The summed E-state index contributed by atoms with van der Waals surface area (Å²) in [5, 5.41) is 0. The van der Waals surface area contributed by atoms with E-state index in [1.165, 1.54) is 57.8 Å². The molecule has 0 saturated carbocycles. The molecule has 0 radical (unpaired) electrons. The van der Waals surface area contributed by atoms with Crippen LogP contribution in [0.15, 0.2) is 146 Å². The molecule has 0 bridgehead atoms. The molecule has 2 atom stereocenters. The predicted molar refractivity (Wildman–Crippen MR) is 325 cm³/mol. The molecule has 0 amide bonds. The molecule has 0 heterocycles. The maximum Gasteiger partial charge on any atom is 0.472 e. The summed E-state index contributed by atoms with van der Waals surface area (Å²) in [6, 6.07) is 0. The van der Waals surface area contributed by atoms with Crippen molar-refractivity contribution in [1.29, 1.82) is 0 Å². The Bertz CT molecular complexity index is 1790. The van der Waals surface area contributed by atoms with Crippen molar-refractivity contribution in [3.8, 4) is 0 Å². The molecule has 0 aliphatic rings. The van der Waals surface area contributed by atoms with E-state index < -0.39 is 26.5 Å². The first kappa shape index (κ1) is 71.9. The Morgan fingerprint density at radius 1 is 0.408 bits per heavy atom. The average Bonchev–Trinajstić information content (AvgIpc) is 3.38. The summed E-state index contributed by atoms with van der Waals surface area (Å²) in [4.78, 5) is 35.7. The van der Waals surface area contributed by atoms with Crippen molar-refractivity contribution in [2.45, 2.75) is 213 Å². The van der Waals surface area contributed by atoms with Gasteiger partial charge in [0, 0.05) is 12.8 Å². The zero-order valence-corrected chi connectivity index (χ0v) is 49.6. The van der Waals surface area contributed by atoms with Crippen molar-refractivity contribution in [3.05, 3.63) is 146 Å². The number of phosphoric acid groups is 1. The summed E-state index contributed by atoms with van der Waals surface area (Å²) >= 11 is 0. The number of hydrogen-bond acceptors (Lipinski definition) is 7. The molecule has 0 spiro atoms. The first-order chi connectivity index (χ1) is 37.0. The largest absolute Gasteiger partial charge is 0.472 e. The number of unbranched alkanes of at least 4 members (excludes halogenated alkanes) is 14. The van der Waals surface area contributed by atoms with Gasteiger partial charge in [-0.3, -0.25) is 18.6 Å². The Morgan fingerprint density at radius 2 is 0.711 bits per heavy atom. The molecule has 10 heteroatoms. The maximum absolute atomic E-state index is 12.8. The zero-order valence-electron chi connectivity index (χ0n) is 48.7. The number of ether oxygens (including phenoxy) is 2. The van der Waals surface area contributed by atoms with Crippen LogP contribution in [0.25, 0.3) is 0 Å². The first-order valence-electron chi connectivity index (χ1n) is 29.6. The monoisotopic (exact) mass is 1070 g/mol. The van der Waals surface area contributed by atoms with Gasteiger partial charge in [0.2, 0.25) is 0 Å². The summed E-state index contributed by atoms with van der Waals surface area (Å²) in [6.45, 7) is 4.13. The molecule has 0 aromatic carbocycles. The van der Waals surface area contributed by atoms with E-state index in [2.05, 4.69) is 160 Å². The number of carbonyl (C=O) groups is 2. The van der Waals surface area contributed by atoms with Crippen LogP contribution in [0.4, 0.5) is 0 Å². The molecule has 0 aliphatic heterocycles. The molecule has 0 aromatic rings. The second kappa shape index (κ2) is 55.6. The van der Waals surface area contributed by atoms with Gasteiger partial charge >= 0.3 is 19.8 Å². The third-order valence-corrected chi connectivity index (χ3v) is 12.8. The van der Waals surface area contributed by atoms with Crippen molar-refractivity contribution in [2.75, 3.05) is 47.5 Å². The summed E-state index contributed by atoms with van der Waals surface area (Å²) in [7, 11) is 1.42. The highest BCUT2D eigenvalue weighted by atomic mass is 31.2. The molecule has 9 nitrogen and oxygen atoms in total. The Labute approximate surface area is 465 Å². The number of hydrogen-bond donors (Lipinski definition) is 1. The van der Waals surface area contributed by atoms with Gasteiger partial charge < -0.3 is 18.9 Å². The molecule has 1 N–H and O–H groups in total. The minimum Gasteiger partial charge on any atom is -0.462 e. The summed E-state index contributed by atoms with van der Waals surface area (Å²) in [6.07, 6.45) is 82.0. The topological polar surface area (TPSA) is 108 Å². The van der Waals surface area contributed by atoms with E-state index in [-0.39, 0.29) is 32.0 Å². The fraction of sp³-hybridized carbons (Fsp3) is 0.606. The minimum atomic E-state index is -4.41. The standard InChI is InChI=1S/C66H108NO8P/c1-6-8-10-12-14-16-18-20-22-24-26-28-30-32-33-35-37-39-41-43-45-47-49-51-53-55-57-59-66(69)75-64(63-74-76(70,71)73-61-60-67(3,4)5)62-72-65(68)58-56-54-52-50-48-46-44-42-40-38-36-34-31-29-27-25-23-21-19-17-15-13-11-9-7-2/h8-11,14-17,20-23,26-29,32-33,37,39,43,45,49,51,64H,6-7,12-13,18-19,24-25,30-31,34-36,38,40-42,44,46-48,50,52-63H2,1-5H3/p+1/b10-8-,11-9-,16-14-,17-15-,22-20-,23-21-,28-26-,29-27-,33-32-,39-37-,45-43-,51-49-. The number of phosphoric ester groups is 1. The van der Waals surface area contributed by atoms with Crippen LogP contribution in [0.1, 0.15) is 206 Å². The van der Waals surface area contributed by atoms with Gasteiger partial charge in [0.05, 0.1) is 27.7 Å². The van der Waals surface area contributed by atoms with Gasteiger partial charge in [-0.15, -0.1) is 0 Å². The molecule has 0 aromatic heterocycles. The number of carbonyl (C=O) groups excluding carboxylic acids is 2. The Kier molecular flexibility index (Phi) is 52.6. The molecule has 0 saturated heterocycles. The molecule has 0 fully saturated rings. The lowest BCUT2D eigenvalue weighted by molar-refractivity contribution is -0.870. The van der Waals surface area contributed by atoms with Crippen LogP contribution in [0.5, 0.6) is 0 Å². The lowest BCUT2D eigenvalue weighted by Gasteiger charge is -2.24. The first-order valence-corrected chi connectivity index (χ1v) is 31.1. The zero-order chi connectivity index (χ0) is 55.6. The summed E-state index contributed by atoms with van der Waals surface area (Å²) in [5.41, 5.74) is 0. The number of nitrogens with zero attached hydrogens (tertiary/aromatic N) is 1. The fourth-order valence-corrected chi connectivity index (χ4v) is 8.12. The predicted octanol–water partition coefficient (Wildman–Crippen LogP) is 18.7. The number of rotatable bonds is 52. The van der Waals surface area contributed by atoms with E-state index in [0.29, 0.717) is 17.4 Å². The highest BCUT2D eigenvalue weighted by molar-refractivity contribution is 7.47. The van der Waals surface area contributed by atoms with E-state index >= 15 is 0 Å². The van der Waals surface area contributed by atoms with Crippen LogP contribution in [0, 0.1) is 0 Å². The Balaban J connectivity index is 4.29. The maximum atomic E-state index is 12.8. The molecule has 76 heavy (non-hydrogen) atoms. The third kappa shape index (κ3) is 59.1. The van der Waals surface area contributed by atoms with Gasteiger partial charge in [-0.25, -0.2) is 4.57 Å². The van der Waals surface area contributed by atoms with Gasteiger partial charge in [0.15, 0.2) is 6.10 Å². The van der Waals surface area contributed by atoms with E-state index in [1.54, 1.807) is 0 Å². The van der Waals surface area contributed by atoms with Crippen molar-refractivity contribution < 1.29 is 42.1 Å². The lowest BCUT2D eigenvalue weighted by atomic mass is 10.0. The lowest BCUT2D eigenvalue weighted by Crippen LogP contribution is -2.37. The van der Waals surface area contributed by atoms with E-state index in [9.17, 15) is 19.0 Å². The van der Waals surface area contributed by atoms with E-state index in [1.807, 2.05) is 21.1 Å². The molecule has 2 unspecified atom stereocenters. The van der Waals surface area contributed by atoms with Crippen LogP contribution < -0.4 is 0 Å². The molecule has 0 rings (SSSR count). The van der Waals surface area contributed by atoms with Crippen LogP contribution in [-0.4, -0.2) is 74.9 Å². The highest BCUT2D eigenvalue weighted by Crippen LogP contribution is 2.43. The van der Waals surface area contributed by atoms with Crippen LogP contribution in [-0.2, 0) is 32.7 Å². The smallest absolute Gasteiger partial charge is 0.462 e. The van der Waals surface area contributed by atoms with Crippen molar-refractivity contribution in [3.63, 3.8) is 0 Å². The van der Waals surface area contributed by atoms with Crippen molar-refractivity contribution >= 4 is 19.8 Å². The SMILES string of the molecule is CC/C=C\C/C=C\C/C=C\C/C=C\C/C=C\C/C=C\C/C=C\C/C=C\CCCCC(=O)OC(COC(=O)CCCCCCCCCCCCCC/C=C\C/C=C\C/C=C\C/C=C\CC)COP(=O)(O)OCC[N+](C)(C)C. The van der Waals surface area contributed by atoms with Crippen LogP contribution in [0.2, 0.25) is 0 Å². The van der Waals surface area contributed by atoms with Crippen molar-refractivity contribution in [2.24, 2.45) is 0 Å². The Hall–Kier alpha value is -4.11. The molecular formula is C66H109NO8P+. The average molecular weight is 1080 g/mol. The van der Waals surface area contributed by atoms with Gasteiger partial charge in [0.25, 0.3) is 0 Å².